The van der Waals surface area contributed by atoms with E-state index in [2.05, 4.69) is 10.6 Å². The number of hydrogen-bond acceptors (Lipinski definition) is 4. The molecular formula is C24H20ClFN2O4. The van der Waals surface area contributed by atoms with Gasteiger partial charge in [0.15, 0.2) is 6.61 Å². The molecule has 3 aromatic rings. The van der Waals surface area contributed by atoms with E-state index in [4.69, 9.17) is 16.3 Å². The van der Waals surface area contributed by atoms with Gasteiger partial charge < -0.3 is 15.4 Å². The van der Waals surface area contributed by atoms with Gasteiger partial charge in [0.05, 0.1) is 16.3 Å². The molecule has 2 amide bonds. The summed E-state index contributed by atoms with van der Waals surface area (Å²) in [6.45, 7) is 1.62. The molecule has 32 heavy (non-hydrogen) atoms. The Hall–Kier alpha value is -3.71. The molecule has 0 atom stereocenters. The summed E-state index contributed by atoms with van der Waals surface area (Å²) in [7, 11) is 0. The van der Waals surface area contributed by atoms with Gasteiger partial charge in [-0.05, 0) is 36.8 Å². The number of anilines is 1. The second-order valence-electron chi connectivity index (χ2n) is 6.93. The highest BCUT2D eigenvalue weighted by atomic mass is 35.5. The molecule has 0 bridgehead atoms. The number of nitrogens with one attached hydrogen (secondary N) is 2. The highest BCUT2D eigenvalue weighted by molar-refractivity contribution is 6.33. The second kappa shape index (κ2) is 10.5. The number of carbonyl (C=O) groups is 3. The Morgan fingerprint density at radius 2 is 1.69 bits per heavy atom. The quantitative estimate of drug-likeness (QED) is 0.514. The SMILES string of the molecule is Cc1ccc(CNC(=O)c2ccccc2NC(=O)COC(=O)c2c(F)cccc2Cl)cc1. The zero-order chi connectivity index (χ0) is 23.1. The van der Waals surface area contributed by atoms with Crippen molar-refractivity contribution in [1.82, 2.24) is 5.32 Å². The third-order valence-electron chi connectivity index (χ3n) is 4.52. The van der Waals surface area contributed by atoms with Crippen LogP contribution >= 0.6 is 11.6 Å². The van der Waals surface area contributed by atoms with Crippen molar-refractivity contribution in [2.45, 2.75) is 13.5 Å². The molecule has 2 N–H and O–H groups in total. The molecule has 0 fully saturated rings. The number of carbonyl (C=O) groups excluding carboxylic acids is 3. The molecule has 0 aliphatic carbocycles. The Kier molecular flexibility index (Phi) is 7.57. The lowest BCUT2D eigenvalue weighted by atomic mass is 10.1. The lowest BCUT2D eigenvalue weighted by molar-refractivity contribution is -0.119. The van der Waals surface area contributed by atoms with E-state index in [-0.39, 0.29) is 22.2 Å². The number of rotatable bonds is 7. The summed E-state index contributed by atoms with van der Waals surface area (Å²) in [6, 6.07) is 17.9. The Balaban J connectivity index is 1.60. The molecule has 3 rings (SSSR count). The van der Waals surface area contributed by atoms with Gasteiger partial charge in [-0.2, -0.15) is 0 Å². The van der Waals surface area contributed by atoms with E-state index in [0.717, 1.165) is 17.2 Å². The van der Waals surface area contributed by atoms with Crippen LogP contribution in [0.2, 0.25) is 5.02 Å². The normalized spacial score (nSPS) is 10.3. The molecule has 164 valence electrons. The van der Waals surface area contributed by atoms with Gasteiger partial charge in [0, 0.05) is 6.54 Å². The number of ether oxygens (including phenoxy) is 1. The molecule has 0 unspecified atom stereocenters. The van der Waals surface area contributed by atoms with Gasteiger partial charge in [0.1, 0.15) is 11.4 Å². The standard InChI is InChI=1S/C24H20ClFN2O4/c1-15-9-11-16(12-10-15)13-27-23(30)17-5-2-3-8-20(17)28-21(29)14-32-24(31)22-18(25)6-4-7-19(22)26/h2-12H,13-14H2,1H3,(H,27,30)(H,28,29). The van der Waals surface area contributed by atoms with Crippen LogP contribution in [0.3, 0.4) is 0 Å². The van der Waals surface area contributed by atoms with Crippen LogP contribution in [0, 0.1) is 12.7 Å². The van der Waals surface area contributed by atoms with E-state index in [0.29, 0.717) is 6.54 Å². The number of aryl methyl sites for hydroxylation is 1. The van der Waals surface area contributed by atoms with Gasteiger partial charge in [-0.3, -0.25) is 9.59 Å². The fourth-order valence-corrected chi connectivity index (χ4v) is 3.10. The number of esters is 1. The molecule has 0 heterocycles. The molecule has 0 radical (unpaired) electrons. The van der Waals surface area contributed by atoms with E-state index in [1.807, 2.05) is 31.2 Å². The maximum atomic E-state index is 13.8. The Morgan fingerprint density at radius 1 is 0.969 bits per heavy atom. The number of amides is 2. The monoisotopic (exact) mass is 454 g/mol. The van der Waals surface area contributed by atoms with E-state index in [9.17, 15) is 18.8 Å². The first kappa shape index (κ1) is 23.0. The average molecular weight is 455 g/mol. The maximum absolute atomic E-state index is 13.8. The molecular weight excluding hydrogens is 435 g/mol. The van der Waals surface area contributed by atoms with Crippen LogP contribution in [0.1, 0.15) is 31.8 Å². The van der Waals surface area contributed by atoms with Crippen molar-refractivity contribution in [2.24, 2.45) is 0 Å². The van der Waals surface area contributed by atoms with Crippen molar-refractivity contribution in [1.29, 1.82) is 0 Å². The van der Waals surface area contributed by atoms with Crippen molar-refractivity contribution >= 4 is 35.1 Å². The molecule has 0 aliphatic heterocycles. The van der Waals surface area contributed by atoms with Crippen molar-refractivity contribution in [3.05, 3.63) is 99.8 Å². The highest BCUT2D eigenvalue weighted by Crippen LogP contribution is 2.20. The van der Waals surface area contributed by atoms with Crippen molar-refractivity contribution < 1.29 is 23.5 Å². The van der Waals surface area contributed by atoms with Crippen LogP contribution < -0.4 is 10.6 Å². The topological polar surface area (TPSA) is 84.5 Å². The first-order chi connectivity index (χ1) is 15.3. The predicted molar refractivity (Wildman–Crippen MR) is 119 cm³/mol. The summed E-state index contributed by atoms with van der Waals surface area (Å²) in [4.78, 5) is 36.9. The summed E-state index contributed by atoms with van der Waals surface area (Å²) in [6.07, 6.45) is 0. The van der Waals surface area contributed by atoms with E-state index < -0.39 is 29.9 Å². The molecule has 3 aromatic carbocycles. The third kappa shape index (κ3) is 5.92. The van der Waals surface area contributed by atoms with Crippen LogP contribution in [0.15, 0.2) is 66.7 Å². The van der Waals surface area contributed by atoms with Crippen LogP contribution in [0.5, 0.6) is 0 Å². The van der Waals surface area contributed by atoms with E-state index in [1.165, 1.54) is 12.1 Å². The lowest BCUT2D eigenvalue weighted by Gasteiger charge is -2.12. The lowest BCUT2D eigenvalue weighted by Crippen LogP contribution is -2.26. The second-order valence-corrected chi connectivity index (χ2v) is 7.34. The van der Waals surface area contributed by atoms with Gasteiger partial charge in [-0.25, -0.2) is 9.18 Å². The van der Waals surface area contributed by atoms with Gasteiger partial charge >= 0.3 is 5.97 Å². The largest absolute Gasteiger partial charge is 0.452 e. The average Bonchev–Trinajstić information content (AvgIpc) is 2.77. The smallest absolute Gasteiger partial charge is 0.343 e. The molecule has 6 nitrogen and oxygen atoms in total. The number of benzene rings is 3. The Morgan fingerprint density at radius 3 is 2.41 bits per heavy atom. The van der Waals surface area contributed by atoms with Crippen LogP contribution in [0.25, 0.3) is 0 Å². The number of halogens is 2. The third-order valence-corrected chi connectivity index (χ3v) is 4.84. The van der Waals surface area contributed by atoms with Gasteiger partial charge in [-0.15, -0.1) is 0 Å². The van der Waals surface area contributed by atoms with Gasteiger partial charge in [-0.1, -0.05) is 59.6 Å². The highest BCUT2D eigenvalue weighted by Gasteiger charge is 2.19. The Bertz CT molecular complexity index is 1130. The molecule has 0 saturated heterocycles. The molecule has 0 aromatic heterocycles. The van der Waals surface area contributed by atoms with Crippen molar-refractivity contribution in [3.63, 3.8) is 0 Å². The zero-order valence-electron chi connectivity index (χ0n) is 17.2. The number of hydrogen-bond donors (Lipinski definition) is 2. The molecule has 0 saturated carbocycles. The zero-order valence-corrected chi connectivity index (χ0v) is 17.9. The van der Waals surface area contributed by atoms with Crippen molar-refractivity contribution in [3.8, 4) is 0 Å². The fraction of sp³-hybridized carbons (Fsp3) is 0.125. The first-order valence-corrected chi connectivity index (χ1v) is 10.1. The minimum Gasteiger partial charge on any atom is -0.452 e. The van der Waals surface area contributed by atoms with E-state index in [1.54, 1.807) is 24.3 Å². The van der Waals surface area contributed by atoms with Gasteiger partial charge in [0.25, 0.3) is 11.8 Å². The molecule has 8 heteroatoms. The minimum atomic E-state index is -1.06. The summed E-state index contributed by atoms with van der Waals surface area (Å²) < 4.78 is 18.7. The summed E-state index contributed by atoms with van der Waals surface area (Å²) >= 11 is 5.82. The summed E-state index contributed by atoms with van der Waals surface area (Å²) in [5, 5.41) is 5.21. The fourth-order valence-electron chi connectivity index (χ4n) is 2.86. The van der Waals surface area contributed by atoms with Crippen LogP contribution in [-0.2, 0) is 16.1 Å². The molecule has 0 aliphatic rings. The first-order valence-electron chi connectivity index (χ1n) is 9.69. The van der Waals surface area contributed by atoms with Gasteiger partial charge in [0.2, 0.25) is 0 Å². The van der Waals surface area contributed by atoms with Crippen LogP contribution in [0.4, 0.5) is 10.1 Å². The predicted octanol–water partition coefficient (Wildman–Crippen LogP) is 4.51. The van der Waals surface area contributed by atoms with Crippen LogP contribution in [-0.4, -0.2) is 24.4 Å². The number of para-hydroxylation sites is 1. The molecule has 0 spiro atoms. The summed E-state index contributed by atoms with van der Waals surface area (Å²) in [5.74, 6) is -2.98. The van der Waals surface area contributed by atoms with E-state index >= 15 is 0 Å². The minimum absolute atomic E-state index is 0.119. The Labute approximate surface area is 189 Å². The maximum Gasteiger partial charge on any atom is 0.343 e. The summed E-state index contributed by atoms with van der Waals surface area (Å²) in [5.41, 5.74) is 2.10. The van der Waals surface area contributed by atoms with Crippen molar-refractivity contribution in [2.75, 3.05) is 11.9 Å².